The number of rotatable bonds is 10. The Morgan fingerprint density at radius 2 is 1.80 bits per heavy atom. The first-order valence-electron chi connectivity index (χ1n) is 13.2. The summed E-state index contributed by atoms with van der Waals surface area (Å²) in [6.45, 7) is 6.62. The van der Waals surface area contributed by atoms with E-state index in [1.807, 2.05) is 81.4 Å². The van der Waals surface area contributed by atoms with E-state index in [0.29, 0.717) is 31.1 Å². The minimum absolute atomic E-state index is 0.248. The number of hydrogen-bond donors (Lipinski definition) is 4. The van der Waals surface area contributed by atoms with Gasteiger partial charge < -0.3 is 30.4 Å². The van der Waals surface area contributed by atoms with Gasteiger partial charge in [-0.05, 0) is 68.2 Å². The van der Waals surface area contributed by atoms with Crippen LogP contribution in [0.15, 0.2) is 77.4 Å². The molecule has 212 valence electrons. The zero-order valence-electron chi connectivity index (χ0n) is 22.9. The van der Waals surface area contributed by atoms with Crippen LogP contribution in [0.1, 0.15) is 36.3 Å². The number of carbonyl (C=O) groups is 2. The first-order chi connectivity index (χ1) is 19.2. The Morgan fingerprint density at radius 1 is 1.07 bits per heavy atom. The lowest BCUT2D eigenvalue weighted by Gasteiger charge is -2.33. The molecular formula is C30H36N4O4S2. The van der Waals surface area contributed by atoms with Gasteiger partial charge in [-0.25, -0.2) is 0 Å². The molecule has 2 heterocycles. The highest BCUT2D eigenvalue weighted by molar-refractivity contribution is 8.00. The highest BCUT2D eigenvalue weighted by Gasteiger charge is 2.49. The van der Waals surface area contributed by atoms with Gasteiger partial charge >= 0.3 is 0 Å². The molecule has 1 aromatic heterocycles. The molecule has 3 unspecified atom stereocenters. The van der Waals surface area contributed by atoms with Crippen LogP contribution in [0.5, 0.6) is 0 Å². The van der Waals surface area contributed by atoms with Crippen molar-refractivity contribution >= 4 is 40.9 Å². The van der Waals surface area contributed by atoms with Gasteiger partial charge in [0.25, 0.3) is 5.91 Å². The minimum atomic E-state index is -1.44. The maximum absolute atomic E-state index is 13.8. The van der Waals surface area contributed by atoms with E-state index in [4.69, 9.17) is 16.6 Å². The predicted molar refractivity (Wildman–Crippen MR) is 161 cm³/mol. The molecule has 40 heavy (non-hydrogen) atoms. The third-order valence-corrected chi connectivity index (χ3v) is 8.68. The van der Waals surface area contributed by atoms with E-state index in [-0.39, 0.29) is 11.0 Å². The van der Waals surface area contributed by atoms with E-state index < -0.39 is 28.8 Å². The lowest BCUT2D eigenvalue weighted by molar-refractivity contribution is -0.147. The summed E-state index contributed by atoms with van der Waals surface area (Å²) >= 11 is 7.00. The van der Waals surface area contributed by atoms with Gasteiger partial charge in [0.2, 0.25) is 5.91 Å². The van der Waals surface area contributed by atoms with Crippen LogP contribution in [0.4, 0.5) is 0 Å². The monoisotopic (exact) mass is 580 g/mol. The zero-order chi connectivity index (χ0) is 28.7. The lowest BCUT2D eigenvalue weighted by atomic mass is 9.97. The molecule has 3 aromatic rings. The first-order valence-corrected chi connectivity index (χ1v) is 14.6. The number of nitrogens with zero attached hydrogens (tertiary/aromatic N) is 1. The van der Waals surface area contributed by atoms with E-state index in [2.05, 4.69) is 16.0 Å². The van der Waals surface area contributed by atoms with Crippen molar-refractivity contribution in [2.75, 3.05) is 5.88 Å². The van der Waals surface area contributed by atoms with Gasteiger partial charge in [0, 0.05) is 11.3 Å². The van der Waals surface area contributed by atoms with Gasteiger partial charge in [-0.2, -0.15) is 0 Å². The van der Waals surface area contributed by atoms with Crippen LogP contribution in [0.25, 0.3) is 0 Å². The number of nitrogens with one attached hydrogen (secondary N) is 3. The fraction of sp³-hybridized carbons (Fsp3) is 0.367. The zero-order valence-corrected chi connectivity index (χ0v) is 24.6. The molecule has 3 atom stereocenters. The fourth-order valence-electron chi connectivity index (χ4n) is 4.75. The second kappa shape index (κ2) is 13.3. The van der Waals surface area contributed by atoms with Crippen LogP contribution in [0.2, 0.25) is 0 Å². The number of aliphatic hydroxyl groups excluding tert-OH is 1. The summed E-state index contributed by atoms with van der Waals surface area (Å²) in [4.78, 5) is 28.7. The number of furan rings is 1. The summed E-state index contributed by atoms with van der Waals surface area (Å²) in [5, 5.41) is 20.9. The Morgan fingerprint density at radius 3 is 2.50 bits per heavy atom. The molecule has 0 saturated carbocycles. The van der Waals surface area contributed by atoms with E-state index in [1.54, 1.807) is 12.3 Å². The van der Waals surface area contributed by atoms with Crippen molar-refractivity contribution in [2.24, 2.45) is 0 Å². The quantitative estimate of drug-likeness (QED) is 0.270. The van der Waals surface area contributed by atoms with E-state index >= 15 is 0 Å². The molecule has 1 saturated heterocycles. The van der Waals surface area contributed by atoms with Crippen LogP contribution in [-0.4, -0.2) is 55.7 Å². The van der Waals surface area contributed by atoms with Gasteiger partial charge in [0.15, 0.2) is 11.2 Å². The van der Waals surface area contributed by atoms with Gasteiger partial charge in [-0.1, -0.05) is 54.6 Å². The fourth-order valence-corrected chi connectivity index (χ4v) is 6.12. The number of amides is 2. The van der Waals surface area contributed by atoms with Crippen molar-refractivity contribution in [2.45, 2.75) is 63.2 Å². The Hall–Kier alpha value is -3.34. The Kier molecular flexibility index (Phi) is 9.89. The number of thioether (sulfide) groups is 1. The Balaban J connectivity index is 1.48. The normalized spacial score (nSPS) is 17.6. The van der Waals surface area contributed by atoms with Crippen LogP contribution in [0.3, 0.4) is 0 Å². The maximum Gasteiger partial charge on any atom is 0.254 e. The Labute approximate surface area is 244 Å². The second-order valence-electron chi connectivity index (χ2n) is 10.4. The van der Waals surface area contributed by atoms with Gasteiger partial charge in [0.05, 0.1) is 24.7 Å². The summed E-state index contributed by atoms with van der Waals surface area (Å²) in [5.41, 5.74) is 3.03. The van der Waals surface area contributed by atoms with Crippen molar-refractivity contribution < 1.29 is 19.1 Å². The molecule has 0 radical (unpaired) electrons. The number of hydrogen-bond acceptors (Lipinski definition) is 6. The molecule has 1 aliphatic heterocycles. The smallest absolute Gasteiger partial charge is 0.254 e. The molecular weight excluding hydrogens is 544 g/mol. The van der Waals surface area contributed by atoms with Crippen molar-refractivity contribution in [1.82, 2.24) is 20.9 Å². The average molecular weight is 581 g/mol. The van der Waals surface area contributed by atoms with Crippen molar-refractivity contribution in [1.29, 1.82) is 0 Å². The molecule has 8 nitrogen and oxygen atoms in total. The highest BCUT2D eigenvalue weighted by atomic mass is 32.2. The van der Waals surface area contributed by atoms with E-state index in [1.165, 1.54) is 16.7 Å². The summed E-state index contributed by atoms with van der Waals surface area (Å²) in [5.74, 6) is 0.236. The molecule has 0 spiro atoms. The molecule has 4 rings (SSSR count). The van der Waals surface area contributed by atoms with E-state index in [0.717, 1.165) is 16.7 Å². The molecule has 0 aliphatic carbocycles. The van der Waals surface area contributed by atoms with Gasteiger partial charge in [0.1, 0.15) is 11.8 Å². The number of benzene rings is 2. The molecule has 4 N–H and O–H groups in total. The third kappa shape index (κ3) is 7.44. The summed E-state index contributed by atoms with van der Waals surface area (Å²) in [7, 11) is 0. The van der Waals surface area contributed by atoms with Crippen molar-refractivity contribution in [3.63, 3.8) is 0 Å². The summed E-state index contributed by atoms with van der Waals surface area (Å²) in [6, 6.07) is 19.6. The molecule has 1 fully saturated rings. The largest absolute Gasteiger partial charge is 0.467 e. The number of carbonyl (C=O) groups excluding carboxylic acids is 2. The SMILES string of the molecule is Cc1ccccc1CNC(=O)C1N(C(=O)C(O)C(Cc2ccccc2)NC(=S)NCc2ccco2)CSC1(C)C. The van der Waals surface area contributed by atoms with Crippen LogP contribution in [-0.2, 0) is 29.1 Å². The van der Waals surface area contributed by atoms with Crippen LogP contribution in [0, 0.1) is 6.92 Å². The lowest BCUT2D eigenvalue weighted by Crippen LogP contribution is -2.59. The van der Waals surface area contributed by atoms with Gasteiger partial charge in [-0.3, -0.25) is 9.59 Å². The molecule has 1 aliphatic rings. The van der Waals surface area contributed by atoms with Gasteiger partial charge in [-0.15, -0.1) is 11.8 Å². The third-order valence-electron chi connectivity index (χ3n) is 7.04. The molecule has 10 heteroatoms. The van der Waals surface area contributed by atoms with Crippen molar-refractivity contribution in [3.05, 3.63) is 95.4 Å². The molecule has 2 amide bonds. The number of aryl methyl sites for hydroxylation is 1. The van der Waals surface area contributed by atoms with E-state index in [9.17, 15) is 14.7 Å². The second-order valence-corrected chi connectivity index (χ2v) is 12.4. The maximum atomic E-state index is 13.8. The first kappa shape index (κ1) is 29.6. The van der Waals surface area contributed by atoms with Crippen LogP contribution >= 0.6 is 24.0 Å². The predicted octanol–water partition coefficient (Wildman–Crippen LogP) is 3.52. The average Bonchev–Trinajstić information content (AvgIpc) is 3.58. The van der Waals surface area contributed by atoms with Crippen molar-refractivity contribution in [3.8, 4) is 0 Å². The number of aliphatic hydroxyl groups is 1. The van der Waals surface area contributed by atoms with Crippen LogP contribution < -0.4 is 16.0 Å². The Bertz CT molecular complexity index is 1300. The summed E-state index contributed by atoms with van der Waals surface area (Å²) < 4.78 is 4.81. The molecule has 0 bridgehead atoms. The highest BCUT2D eigenvalue weighted by Crippen LogP contribution is 2.40. The topological polar surface area (TPSA) is 107 Å². The minimum Gasteiger partial charge on any atom is -0.467 e. The molecule has 2 aromatic carbocycles. The number of thiocarbonyl (C=S) groups is 1. The standard InChI is InChI=1S/C30H36N4O4S2/c1-20-10-7-8-13-22(20)17-31-27(36)26-30(2,3)40-19-34(26)28(37)25(35)24(16-21-11-5-4-6-12-21)33-29(39)32-18-23-14-9-15-38-23/h4-15,24-26,35H,16-19H2,1-3H3,(H,31,36)(H2,32,33,39). The summed E-state index contributed by atoms with van der Waals surface area (Å²) in [6.07, 6.45) is 0.493.